The first-order valence-electron chi connectivity index (χ1n) is 15.7. The lowest BCUT2D eigenvalue weighted by Gasteiger charge is -2.29. The van der Waals surface area contributed by atoms with E-state index in [9.17, 15) is 8.78 Å². The molecular formula is C35H50F2O. The van der Waals surface area contributed by atoms with Gasteiger partial charge >= 0.3 is 6.11 Å². The van der Waals surface area contributed by atoms with Gasteiger partial charge in [-0.2, -0.15) is 8.78 Å². The SMILES string of the molecule is CCCCC[C@H]1CC[C@H](c2ccc(CCOC(F)(F)c3ccc([C@H]4CC[C@H](CCC)CC4)cc3)cc2)CC1. The maximum atomic E-state index is 14.8. The number of hydrogen-bond donors (Lipinski definition) is 0. The van der Waals surface area contributed by atoms with Gasteiger partial charge in [0.05, 0.1) is 12.2 Å². The fourth-order valence-electron chi connectivity index (χ4n) is 6.95. The van der Waals surface area contributed by atoms with Gasteiger partial charge in [-0.05, 0) is 98.1 Å². The first-order valence-corrected chi connectivity index (χ1v) is 15.7. The van der Waals surface area contributed by atoms with Crippen molar-refractivity contribution in [3.63, 3.8) is 0 Å². The van der Waals surface area contributed by atoms with Crippen LogP contribution in [0.25, 0.3) is 0 Å². The number of halogens is 2. The highest BCUT2D eigenvalue weighted by atomic mass is 19.3. The van der Waals surface area contributed by atoms with E-state index in [-0.39, 0.29) is 12.2 Å². The lowest BCUT2D eigenvalue weighted by Crippen LogP contribution is -2.20. The quantitative estimate of drug-likeness (QED) is 0.237. The molecular weight excluding hydrogens is 474 g/mol. The summed E-state index contributed by atoms with van der Waals surface area (Å²) < 4.78 is 34.7. The van der Waals surface area contributed by atoms with Gasteiger partial charge in [-0.25, -0.2) is 0 Å². The van der Waals surface area contributed by atoms with Gasteiger partial charge in [-0.3, -0.25) is 0 Å². The molecule has 0 N–H and O–H groups in total. The summed E-state index contributed by atoms with van der Waals surface area (Å²) in [5.74, 6) is 2.93. The highest BCUT2D eigenvalue weighted by molar-refractivity contribution is 5.28. The molecule has 1 nitrogen and oxygen atoms in total. The highest BCUT2D eigenvalue weighted by Gasteiger charge is 2.33. The third-order valence-corrected chi connectivity index (χ3v) is 9.45. The van der Waals surface area contributed by atoms with E-state index in [0.29, 0.717) is 18.3 Å². The Morgan fingerprint density at radius 3 is 1.71 bits per heavy atom. The van der Waals surface area contributed by atoms with Gasteiger partial charge in [-0.15, -0.1) is 0 Å². The van der Waals surface area contributed by atoms with E-state index in [4.69, 9.17) is 4.74 Å². The number of alkyl halides is 2. The number of ether oxygens (including phenoxy) is 1. The van der Waals surface area contributed by atoms with Crippen LogP contribution in [0.1, 0.15) is 138 Å². The van der Waals surface area contributed by atoms with Crippen molar-refractivity contribution in [2.75, 3.05) is 6.61 Å². The number of benzene rings is 2. The molecule has 4 rings (SSSR count). The molecule has 0 radical (unpaired) electrons. The van der Waals surface area contributed by atoms with Crippen molar-refractivity contribution in [3.8, 4) is 0 Å². The Labute approximate surface area is 230 Å². The van der Waals surface area contributed by atoms with E-state index in [1.165, 1.54) is 101 Å². The van der Waals surface area contributed by atoms with Gasteiger partial charge in [0.1, 0.15) is 0 Å². The summed E-state index contributed by atoms with van der Waals surface area (Å²) in [5.41, 5.74) is 3.63. The molecule has 0 unspecified atom stereocenters. The third-order valence-electron chi connectivity index (χ3n) is 9.45. The molecule has 0 aromatic heterocycles. The predicted octanol–water partition coefficient (Wildman–Crippen LogP) is 10.9. The molecule has 0 amide bonds. The van der Waals surface area contributed by atoms with Gasteiger partial charge in [-0.1, -0.05) is 101 Å². The summed E-state index contributed by atoms with van der Waals surface area (Å²) in [5, 5.41) is 0. The summed E-state index contributed by atoms with van der Waals surface area (Å²) in [6.07, 6.45) is 15.4. The standard InChI is InChI=1S/C35H50F2O/c1-3-5-6-8-28-11-17-30(18-12-28)31-19-13-29(14-20-31)25-26-38-35(36,37)34-23-21-33(22-24-34)32-15-9-27(7-4-2)10-16-32/h13-14,19-24,27-28,30,32H,3-12,15-18,25-26H2,1-2H3/t27-,28-,30-,32-. The molecule has 0 heterocycles. The molecule has 0 bridgehead atoms. The first kappa shape index (κ1) is 29.2. The van der Waals surface area contributed by atoms with Gasteiger partial charge in [0.25, 0.3) is 0 Å². The fourth-order valence-corrected chi connectivity index (χ4v) is 6.95. The van der Waals surface area contributed by atoms with E-state index < -0.39 is 6.11 Å². The van der Waals surface area contributed by atoms with Crippen LogP contribution in [0.4, 0.5) is 8.78 Å². The summed E-state index contributed by atoms with van der Waals surface area (Å²) >= 11 is 0. The van der Waals surface area contributed by atoms with Gasteiger partial charge < -0.3 is 4.74 Å². The predicted molar refractivity (Wildman–Crippen MR) is 155 cm³/mol. The maximum Gasteiger partial charge on any atom is 0.383 e. The van der Waals surface area contributed by atoms with E-state index in [1.807, 2.05) is 12.1 Å². The molecule has 0 atom stereocenters. The van der Waals surface area contributed by atoms with Crippen LogP contribution in [0.15, 0.2) is 48.5 Å². The average Bonchev–Trinajstić information content (AvgIpc) is 2.95. The second-order valence-electron chi connectivity index (χ2n) is 12.2. The lowest BCUT2D eigenvalue weighted by molar-refractivity contribution is -0.248. The molecule has 2 aromatic rings. The number of hydrogen-bond acceptors (Lipinski definition) is 1. The second-order valence-corrected chi connectivity index (χ2v) is 12.2. The molecule has 2 aliphatic rings. The van der Waals surface area contributed by atoms with Crippen molar-refractivity contribution in [2.45, 2.75) is 128 Å². The smallest absolute Gasteiger partial charge is 0.316 e. The summed E-state index contributed by atoms with van der Waals surface area (Å²) in [7, 11) is 0. The number of rotatable bonds is 13. The summed E-state index contributed by atoms with van der Waals surface area (Å²) in [6.45, 7) is 4.54. The van der Waals surface area contributed by atoms with Gasteiger partial charge in [0.15, 0.2) is 0 Å². The van der Waals surface area contributed by atoms with Crippen LogP contribution in [-0.4, -0.2) is 6.61 Å². The van der Waals surface area contributed by atoms with Crippen LogP contribution < -0.4 is 0 Å². The van der Waals surface area contributed by atoms with Crippen LogP contribution in [0.3, 0.4) is 0 Å². The zero-order valence-corrected chi connectivity index (χ0v) is 23.9. The van der Waals surface area contributed by atoms with Crippen molar-refractivity contribution in [1.82, 2.24) is 0 Å². The Balaban J connectivity index is 1.20. The molecule has 0 aliphatic heterocycles. The normalized spacial score (nSPS) is 24.4. The van der Waals surface area contributed by atoms with Crippen LogP contribution >= 0.6 is 0 Å². The average molecular weight is 525 g/mol. The summed E-state index contributed by atoms with van der Waals surface area (Å²) in [6, 6.07) is 15.6. The maximum absolute atomic E-state index is 14.8. The van der Waals surface area contributed by atoms with Crippen molar-refractivity contribution >= 4 is 0 Å². The molecule has 0 spiro atoms. The monoisotopic (exact) mass is 524 g/mol. The van der Waals surface area contributed by atoms with E-state index >= 15 is 0 Å². The molecule has 0 saturated heterocycles. The number of unbranched alkanes of at least 4 members (excludes halogenated alkanes) is 2. The van der Waals surface area contributed by atoms with Crippen molar-refractivity contribution in [3.05, 3.63) is 70.8 Å². The Hall–Kier alpha value is -1.74. The van der Waals surface area contributed by atoms with Crippen LogP contribution in [0, 0.1) is 11.8 Å². The van der Waals surface area contributed by atoms with Crippen molar-refractivity contribution < 1.29 is 13.5 Å². The molecule has 3 heteroatoms. The summed E-state index contributed by atoms with van der Waals surface area (Å²) in [4.78, 5) is 0. The molecule has 2 fully saturated rings. The minimum absolute atomic E-state index is 0.0123. The minimum Gasteiger partial charge on any atom is -0.316 e. The lowest BCUT2D eigenvalue weighted by atomic mass is 9.77. The van der Waals surface area contributed by atoms with Crippen LogP contribution in [-0.2, 0) is 17.3 Å². The molecule has 2 aliphatic carbocycles. The second kappa shape index (κ2) is 14.6. The van der Waals surface area contributed by atoms with E-state index in [0.717, 1.165) is 17.4 Å². The van der Waals surface area contributed by atoms with E-state index in [1.54, 1.807) is 12.1 Å². The molecule has 2 aromatic carbocycles. The zero-order valence-electron chi connectivity index (χ0n) is 23.9. The Morgan fingerprint density at radius 2 is 1.18 bits per heavy atom. The Kier molecular flexibility index (Phi) is 11.2. The van der Waals surface area contributed by atoms with E-state index in [2.05, 4.69) is 38.1 Å². The van der Waals surface area contributed by atoms with Crippen LogP contribution in [0.2, 0.25) is 0 Å². The highest BCUT2D eigenvalue weighted by Crippen LogP contribution is 2.39. The fraction of sp³-hybridized carbons (Fsp3) is 0.657. The third kappa shape index (κ3) is 8.38. The molecule has 38 heavy (non-hydrogen) atoms. The van der Waals surface area contributed by atoms with Gasteiger partial charge in [0, 0.05) is 0 Å². The minimum atomic E-state index is -3.26. The largest absolute Gasteiger partial charge is 0.383 e. The zero-order chi connectivity index (χ0) is 26.8. The van der Waals surface area contributed by atoms with Gasteiger partial charge in [0.2, 0.25) is 0 Å². The Bertz CT molecular complexity index is 919. The van der Waals surface area contributed by atoms with Crippen molar-refractivity contribution in [1.29, 1.82) is 0 Å². The van der Waals surface area contributed by atoms with Crippen molar-refractivity contribution in [2.24, 2.45) is 11.8 Å². The Morgan fingerprint density at radius 1 is 0.658 bits per heavy atom. The molecule has 2 saturated carbocycles. The molecule has 210 valence electrons. The van der Waals surface area contributed by atoms with Crippen LogP contribution in [0.5, 0.6) is 0 Å². The topological polar surface area (TPSA) is 9.23 Å². The first-order chi connectivity index (χ1) is 18.5.